The van der Waals surface area contributed by atoms with Crippen LogP contribution in [0.25, 0.3) is 5.69 Å². The quantitative estimate of drug-likeness (QED) is 0.601. The zero-order valence-corrected chi connectivity index (χ0v) is 17.7. The number of hydrogen-bond donors (Lipinski definition) is 2. The van der Waals surface area contributed by atoms with Gasteiger partial charge in [-0.25, -0.2) is 4.68 Å². The van der Waals surface area contributed by atoms with Crippen LogP contribution in [0, 0.1) is 6.92 Å². The van der Waals surface area contributed by atoms with Crippen molar-refractivity contribution in [2.75, 3.05) is 6.54 Å². The third-order valence-electron chi connectivity index (χ3n) is 5.13. The molecule has 1 aliphatic carbocycles. The van der Waals surface area contributed by atoms with E-state index in [1.165, 1.54) is 0 Å². The summed E-state index contributed by atoms with van der Waals surface area (Å²) < 4.78 is 1.84. The average Bonchev–Trinajstić information content (AvgIpc) is 3.46. The fourth-order valence-corrected chi connectivity index (χ4v) is 3.49. The van der Waals surface area contributed by atoms with Crippen LogP contribution >= 0.6 is 24.0 Å². The van der Waals surface area contributed by atoms with E-state index in [4.69, 9.17) is 17.3 Å². The van der Waals surface area contributed by atoms with E-state index < -0.39 is 0 Å². The largest absolute Gasteiger partial charge is 0.350 e. The lowest BCUT2D eigenvalue weighted by molar-refractivity contribution is 0.0950. The van der Waals surface area contributed by atoms with Crippen molar-refractivity contribution in [2.24, 2.45) is 5.73 Å². The number of hydrogen-bond acceptors (Lipinski definition) is 3. The lowest BCUT2D eigenvalue weighted by atomic mass is 10.1. The Kier molecular flexibility index (Phi) is 6.63. The van der Waals surface area contributed by atoms with Crippen molar-refractivity contribution in [3.05, 3.63) is 82.1 Å². The van der Waals surface area contributed by atoms with E-state index in [0.29, 0.717) is 23.0 Å². The number of amides is 1. The predicted molar refractivity (Wildman–Crippen MR) is 118 cm³/mol. The van der Waals surface area contributed by atoms with Crippen molar-refractivity contribution >= 4 is 29.9 Å². The molecule has 152 valence electrons. The number of carbonyl (C=O) groups excluding carboxylic acids is 1. The Bertz CT molecular complexity index is 999. The Morgan fingerprint density at radius 2 is 2.00 bits per heavy atom. The highest BCUT2D eigenvalue weighted by Gasteiger charge is 2.33. The van der Waals surface area contributed by atoms with Crippen LogP contribution in [0.3, 0.4) is 0 Å². The van der Waals surface area contributed by atoms with Crippen molar-refractivity contribution < 1.29 is 4.79 Å². The van der Waals surface area contributed by atoms with E-state index in [1.54, 1.807) is 6.20 Å². The summed E-state index contributed by atoms with van der Waals surface area (Å²) in [6, 6.07) is 15.3. The molecule has 0 radical (unpaired) electrons. The zero-order chi connectivity index (χ0) is 19.7. The number of benzene rings is 2. The topological polar surface area (TPSA) is 72.9 Å². The van der Waals surface area contributed by atoms with Gasteiger partial charge < -0.3 is 11.1 Å². The van der Waals surface area contributed by atoms with Gasteiger partial charge in [-0.05, 0) is 43.0 Å². The van der Waals surface area contributed by atoms with E-state index in [9.17, 15) is 4.79 Å². The first kappa shape index (κ1) is 21.4. The molecule has 1 fully saturated rings. The maximum Gasteiger partial charge on any atom is 0.254 e. The first-order valence-electron chi connectivity index (χ1n) is 9.47. The summed E-state index contributed by atoms with van der Waals surface area (Å²) in [5.41, 5.74) is 10.6. The first-order chi connectivity index (χ1) is 13.5. The van der Waals surface area contributed by atoms with E-state index in [-0.39, 0.29) is 24.4 Å². The van der Waals surface area contributed by atoms with Gasteiger partial charge in [-0.3, -0.25) is 4.79 Å². The summed E-state index contributed by atoms with van der Waals surface area (Å²) in [6.07, 6.45) is 3.77. The maximum absolute atomic E-state index is 12.9. The molecule has 1 atom stereocenters. The monoisotopic (exact) mass is 430 g/mol. The molecule has 1 unspecified atom stereocenters. The summed E-state index contributed by atoms with van der Waals surface area (Å²) in [6.45, 7) is 2.33. The highest BCUT2D eigenvalue weighted by Crippen LogP contribution is 2.42. The van der Waals surface area contributed by atoms with Crippen LogP contribution in [-0.2, 0) is 0 Å². The lowest BCUT2D eigenvalue weighted by Gasteiger charge is -2.14. The highest BCUT2D eigenvalue weighted by atomic mass is 35.5. The minimum Gasteiger partial charge on any atom is -0.350 e. The second kappa shape index (κ2) is 8.99. The summed E-state index contributed by atoms with van der Waals surface area (Å²) in [4.78, 5) is 12.9. The van der Waals surface area contributed by atoms with E-state index in [1.807, 2.05) is 60.1 Å². The van der Waals surface area contributed by atoms with Crippen LogP contribution in [-0.4, -0.2) is 22.2 Å². The number of aromatic nitrogens is 2. The van der Waals surface area contributed by atoms with Crippen LogP contribution < -0.4 is 11.1 Å². The van der Waals surface area contributed by atoms with E-state index in [0.717, 1.165) is 35.3 Å². The van der Waals surface area contributed by atoms with E-state index >= 15 is 0 Å². The number of nitrogens with two attached hydrogens (primary N) is 1. The number of aryl methyl sites for hydroxylation is 1. The second-order valence-electron chi connectivity index (χ2n) is 7.29. The predicted octanol–water partition coefficient (Wildman–Crippen LogP) is 4.56. The molecule has 0 aliphatic heterocycles. The molecule has 1 heterocycles. The molecule has 3 N–H and O–H groups in total. The number of carbonyl (C=O) groups is 1. The van der Waals surface area contributed by atoms with Gasteiger partial charge in [0.1, 0.15) is 0 Å². The summed E-state index contributed by atoms with van der Waals surface area (Å²) >= 11 is 6.29. The Morgan fingerprint density at radius 1 is 1.28 bits per heavy atom. The molecule has 0 spiro atoms. The van der Waals surface area contributed by atoms with Crippen molar-refractivity contribution in [2.45, 2.75) is 31.7 Å². The number of nitrogens with zero attached hydrogens (tertiary/aromatic N) is 2. The van der Waals surface area contributed by atoms with Crippen LogP contribution in [0.15, 0.2) is 54.7 Å². The Morgan fingerprint density at radius 3 is 2.66 bits per heavy atom. The minimum absolute atomic E-state index is 0. The molecule has 1 amide bonds. The van der Waals surface area contributed by atoms with Gasteiger partial charge in [0.2, 0.25) is 0 Å². The number of rotatable bonds is 6. The number of halogens is 2. The van der Waals surface area contributed by atoms with Gasteiger partial charge in [0.15, 0.2) is 0 Å². The first-order valence-corrected chi connectivity index (χ1v) is 9.85. The van der Waals surface area contributed by atoms with Crippen molar-refractivity contribution in [1.29, 1.82) is 0 Å². The van der Waals surface area contributed by atoms with Crippen LogP contribution in [0.5, 0.6) is 0 Å². The summed E-state index contributed by atoms with van der Waals surface area (Å²) in [7, 11) is 0. The number of nitrogens with one attached hydrogen (secondary N) is 1. The molecule has 3 aromatic rings. The molecule has 5 nitrogen and oxygen atoms in total. The third-order valence-corrected chi connectivity index (χ3v) is 5.53. The smallest absolute Gasteiger partial charge is 0.254 e. The standard InChI is InChI=1S/C22H23ClN4O.ClH/c1-14-7-10-17(11-19(14)23)27-21(16-8-9-16)18(12-26-27)22(28)25-13-20(24)15-5-3-2-4-6-15;/h2-7,10-12,16,20H,8-9,13,24H2,1H3,(H,25,28);1H. The van der Waals surface area contributed by atoms with Gasteiger partial charge in [-0.2, -0.15) is 5.10 Å². The molecule has 29 heavy (non-hydrogen) atoms. The molecule has 4 rings (SSSR count). The van der Waals surface area contributed by atoms with Gasteiger partial charge in [0.25, 0.3) is 5.91 Å². The highest BCUT2D eigenvalue weighted by molar-refractivity contribution is 6.31. The SMILES string of the molecule is Cc1ccc(-n2ncc(C(=O)NCC(N)c3ccccc3)c2C2CC2)cc1Cl.Cl. The second-order valence-corrected chi connectivity index (χ2v) is 7.70. The van der Waals surface area contributed by atoms with Crippen molar-refractivity contribution in [3.8, 4) is 5.69 Å². The van der Waals surface area contributed by atoms with Crippen molar-refractivity contribution in [3.63, 3.8) is 0 Å². The zero-order valence-electron chi connectivity index (χ0n) is 16.1. The molecule has 1 aliphatic rings. The summed E-state index contributed by atoms with van der Waals surface area (Å²) in [5, 5.41) is 8.14. The Hall–Kier alpha value is -2.34. The molecule has 0 bridgehead atoms. The van der Waals surface area contributed by atoms with Crippen LogP contribution in [0.2, 0.25) is 5.02 Å². The Labute approximate surface area is 181 Å². The summed E-state index contributed by atoms with van der Waals surface area (Å²) in [5.74, 6) is 0.212. The minimum atomic E-state index is -0.250. The lowest BCUT2D eigenvalue weighted by Crippen LogP contribution is -2.32. The fourth-order valence-electron chi connectivity index (χ4n) is 3.32. The van der Waals surface area contributed by atoms with Crippen LogP contribution in [0.1, 0.15) is 52.0 Å². The van der Waals surface area contributed by atoms with Gasteiger partial charge in [-0.1, -0.05) is 48.0 Å². The van der Waals surface area contributed by atoms with Crippen molar-refractivity contribution in [1.82, 2.24) is 15.1 Å². The van der Waals surface area contributed by atoms with Gasteiger partial charge >= 0.3 is 0 Å². The fraction of sp³-hybridized carbons (Fsp3) is 0.273. The molecule has 1 saturated carbocycles. The van der Waals surface area contributed by atoms with Gasteiger partial charge in [-0.15, -0.1) is 12.4 Å². The molecule has 7 heteroatoms. The third kappa shape index (κ3) is 4.64. The molecular weight excluding hydrogens is 407 g/mol. The van der Waals surface area contributed by atoms with Crippen LogP contribution in [0.4, 0.5) is 0 Å². The maximum atomic E-state index is 12.9. The van der Waals surface area contributed by atoms with Gasteiger partial charge in [0.05, 0.1) is 23.1 Å². The van der Waals surface area contributed by atoms with E-state index in [2.05, 4.69) is 10.4 Å². The Balaban J connectivity index is 0.00000240. The van der Waals surface area contributed by atoms with Gasteiger partial charge in [0, 0.05) is 23.5 Å². The molecular formula is C22H24Cl2N4O. The average molecular weight is 431 g/mol. The normalized spacial score (nSPS) is 14.2. The molecule has 1 aromatic heterocycles. The molecule has 0 saturated heterocycles. The molecule has 2 aromatic carbocycles.